The van der Waals surface area contributed by atoms with Crippen molar-refractivity contribution < 1.29 is 0 Å². The maximum Gasteiger partial charge on any atom is 0.0170 e. The SMILES string of the molecule is CCC(N)C(C)SCCC(C)C. The molecule has 0 aliphatic heterocycles. The molecular formula is C10H23NS. The van der Waals surface area contributed by atoms with Crippen molar-refractivity contribution in [3.63, 3.8) is 0 Å². The van der Waals surface area contributed by atoms with E-state index in [9.17, 15) is 0 Å². The number of nitrogens with two attached hydrogens (primary N) is 1. The van der Waals surface area contributed by atoms with Gasteiger partial charge in [0.05, 0.1) is 0 Å². The van der Waals surface area contributed by atoms with Gasteiger partial charge in [-0.3, -0.25) is 0 Å². The van der Waals surface area contributed by atoms with Crippen LogP contribution in [0, 0.1) is 5.92 Å². The van der Waals surface area contributed by atoms with Crippen LogP contribution in [0.1, 0.15) is 40.5 Å². The van der Waals surface area contributed by atoms with Gasteiger partial charge in [-0.2, -0.15) is 11.8 Å². The van der Waals surface area contributed by atoms with Gasteiger partial charge in [0, 0.05) is 11.3 Å². The Morgan fingerprint density at radius 1 is 1.25 bits per heavy atom. The Kier molecular flexibility index (Phi) is 6.96. The minimum atomic E-state index is 0.377. The van der Waals surface area contributed by atoms with Gasteiger partial charge in [0.1, 0.15) is 0 Å². The van der Waals surface area contributed by atoms with Crippen molar-refractivity contribution in [2.45, 2.75) is 51.8 Å². The van der Waals surface area contributed by atoms with Crippen LogP contribution in [0.4, 0.5) is 0 Å². The monoisotopic (exact) mass is 189 g/mol. The molecular weight excluding hydrogens is 166 g/mol. The predicted molar refractivity (Wildman–Crippen MR) is 59.6 cm³/mol. The molecule has 0 heterocycles. The topological polar surface area (TPSA) is 26.0 Å². The minimum Gasteiger partial charge on any atom is -0.327 e. The molecule has 2 heteroatoms. The third kappa shape index (κ3) is 5.90. The van der Waals surface area contributed by atoms with Gasteiger partial charge in [-0.25, -0.2) is 0 Å². The molecule has 0 aromatic rings. The van der Waals surface area contributed by atoms with E-state index in [4.69, 9.17) is 5.73 Å². The van der Waals surface area contributed by atoms with Crippen LogP contribution in [-0.4, -0.2) is 17.0 Å². The molecule has 0 radical (unpaired) electrons. The van der Waals surface area contributed by atoms with Crippen LogP contribution in [-0.2, 0) is 0 Å². The van der Waals surface area contributed by atoms with E-state index in [2.05, 4.69) is 27.7 Å². The minimum absolute atomic E-state index is 0.377. The molecule has 2 N–H and O–H groups in total. The van der Waals surface area contributed by atoms with Gasteiger partial charge < -0.3 is 5.73 Å². The zero-order chi connectivity index (χ0) is 9.56. The van der Waals surface area contributed by atoms with Crippen molar-refractivity contribution in [3.8, 4) is 0 Å². The zero-order valence-corrected chi connectivity index (χ0v) is 9.66. The van der Waals surface area contributed by atoms with Crippen molar-refractivity contribution >= 4 is 11.8 Å². The second-order valence-electron chi connectivity index (χ2n) is 3.83. The van der Waals surface area contributed by atoms with E-state index in [1.54, 1.807) is 0 Å². The molecule has 2 unspecified atom stereocenters. The molecule has 0 aromatic heterocycles. The summed E-state index contributed by atoms with van der Waals surface area (Å²) in [6, 6.07) is 0.377. The first-order valence-corrected chi connectivity index (χ1v) is 6.00. The normalized spacial score (nSPS) is 16.5. The summed E-state index contributed by atoms with van der Waals surface area (Å²) in [5.41, 5.74) is 5.91. The molecule has 0 aromatic carbocycles. The van der Waals surface area contributed by atoms with Crippen molar-refractivity contribution in [1.82, 2.24) is 0 Å². The van der Waals surface area contributed by atoms with Gasteiger partial charge in [0.2, 0.25) is 0 Å². The van der Waals surface area contributed by atoms with E-state index in [1.807, 2.05) is 11.8 Å². The fourth-order valence-electron chi connectivity index (χ4n) is 0.945. The molecule has 0 amide bonds. The van der Waals surface area contributed by atoms with E-state index >= 15 is 0 Å². The lowest BCUT2D eigenvalue weighted by Gasteiger charge is -2.17. The van der Waals surface area contributed by atoms with E-state index < -0.39 is 0 Å². The van der Waals surface area contributed by atoms with Crippen LogP contribution in [0.15, 0.2) is 0 Å². The van der Waals surface area contributed by atoms with Crippen molar-refractivity contribution in [3.05, 3.63) is 0 Å². The van der Waals surface area contributed by atoms with Crippen molar-refractivity contribution in [2.24, 2.45) is 11.7 Å². The van der Waals surface area contributed by atoms with Gasteiger partial charge in [0.15, 0.2) is 0 Å². The predicted octanol–water partition coefficient (Wildman–Crippen LogP) is 2.89. The highest BCUT2D eigenvalue weighted by Gasteiger charge is 2.10. The Bertz CT molecular complexity index is 104. The van der Waals surface area contributed by atoms with Gasteiger partial charge in [-0.15, -0.1) is 0 Å². The lowest BCUT2D eigenvalue weighted by atomic mass is 10.2. The van der Waals surface area contributed by atoms with Gasteiger partial charge in [-0.05, 0) is 24.5 Å². The highest BCUT2D eigenvalue weighted by Crippen LogP contribution is 2.17. The summed E-state index contributed by atoms with van der Waals surface area (Å²) in [5.74, 6) is 2.08. The van der Waals surface area contributed by atoms with Gasteiger partial charge >= 0.3 is 0 Å². The van der Waals surface area contributed by atoms with Crippen LogP contribution < -0.4 is 5.73 Å². The molecule has 0 rings (SSSR count). The fourth-order valence-corrected chi connectivity index (χ4v) is 2.36. The molecule has 0 saturated heterocycles. The summed E-state index contributed by atoms with van der Waals surface area (Å²) < 4.78 is 0. The molecule has 12 heavy (non-hydrogen) atoms. The van der Waals surface area contributed by atoms with Crippen molar-refractivity contribution in [1.29, 1.82) is 0 Å². The average Bonchev–Trinajstić information content (AvgIpc) is 2.02. The standard InChI is InChI=1S/C10H23NS/c1-5-10(11)9(4)12-7-6-8(2)3/h8-10H,5-7,11H2,1-4H3. The van der Waals surface area contributed by atoms with Gasteiger partial charge in [-0.1, -0.05) is 27.7 Å². The Morgan fingerprint density at radius 3 is 2.25 bits per heavy atom. The Morgan fingerprint density at radius 2 is 1.83 bits per heavy atom. The lowest BCUT2D eigenvalue weighted by Crippen LogP contribution is -2.29. The second kappa shape index (κ2) is 6.79. The zero-order valence-electron chi connectivity index (χ0n) is 8.84. The summed E-state index contributed by atoms with van der Waals surface area (Å²) in [5, 5.41) is 0.619. The van der Waals surface area contributed by atoms with Crippen LogP contribution in [0.5, 0.6) is 0 Å². The smallest absolute Gasteiger partial charge is 0.0170 e. The molecule has 2 atom stereocenters. The summed E-state index contributed by atoms with van der Waals surface area (Å²) in [4.78, 5) is 0. The number of rotatable bonds is 6. The molecule has 0 saturated carbocycles. The Balaban J connectivity index is 3.37. The molecule has 0 bridgehead atoms. The number of thioether (sulfide) groups is 1. The van der Waals surface area contributed by atoms with E-state index in [0.29, 0.717) is 11.3 Å². The number of hydrogen-bond donors (Lipinski definition) is 1. The van der Waals surface area contributed by atoms with Crippen molar-refractivity contribution in [2.75, 3.05) is 5.75 Å². The molecule has 0 aliphatic rings. The molecule has 74 valence electrons. The molecule has 1 nitrogen and oxygen atoms in total. The van der Waals surface area contributed by atoms with E-state index in [1.165, 1.54) is 12.2 Å². The average molecular weight is 189 g/mol. The van der Waals surface area contributed by atoms with E-state index in [-0.39, 0.29) is 0 Å². The lowest BCUT2D eigenvalue weighted by molar-refractivity contribution is 0.621. The summed E-state index contributed by atoms with van der Waals surface area (Å²) >= 11 is 2.01. The molecule has 0 aliphatic carbocycles. The summed E-state index contributed by atoms with van der Waals surface area (Å²) in [6.07, 6.45) is 2.40. The maximum atomic E-state index is 5.91. The number of hydrogen-bond acceptors (Lipinski definition) is 2. The highest BCUT2D eigenvalue weighted by molar-refractivity contribution is 7.99. The van der Waals surface area contributed by atoms with Crippen LogP contribution in [0.25, 0.3) is 0 Å². The first-order valence-electron chi connectivity index (χ1n) is 4.95. The largest absolute Gasteiger partial charge is 0.327 e. The van der Waals surface area contributed by atoms with Gasteiger partial charge in [0.25, 0.3) is 0 Å². The maximum absolute atomic E-state index is 5.91. The Hall–Kier alpha value is 0.310. The highest BCUT2D eigenvalue weighted by atomic mass is 32.2. The van der Waals surface area contributed by atoms with Crippen LogP contribution in [0.2, 0.25) is 0 Å². The van der Waals surface area contributed by atoms with Crippen LogP contribution >= 0.6 is 11.8 Å². The molecule has 0 spiro atoms. The first kappa shape index (κ1) is 12.3. The Labute approximate surface area is 81.5 Å². The molecule has 0 fully saturated rings. The third-order valence-electron chi connectivity index (χ3n) is 2.15. The quantitative estimate of drug-likeness (QED) is 0.695. The summed E-state index contributed by atoms with van der Waals surface area (Å²) in [7, 11) is 0. The summed E-state index contributed by atoms with van der Waals surface area (Å²) in [6.45, 7) is 8.93. The fraction of sp³-hybridized carbons (Fsp3) is 1.00. The third-order valence-corrected chi connectivity index (χ3v) is 3.50. The van der Waals surface area contributed by atoms with E-state index in [0.717, 1.165) is 12.3 Å². The first-order chi connectivity index (χ1) is 5.57. The second-order valence-corrected chi connectivity index (χ2v) is 5.32. The van der Waals surface area contributed by atoms with Crippen LogP contribution in [0.3, 0.4) is 0 Å².